The van der Waals surface area contributed by atoms with Crippen LogP contribution in [0.1, 0.15) is 38.2 Å². The van der Waals surface area contributed by atoms with Crippen LogP contribution in [0.15, 0.2) is 17.7 Å². The predicted octanol–water partition coefficient (Wildman–Crippen LogP) is 3.85. The Labute approximate surface area is 190 Å². The maximum absolute atomic E-state index is 12.9. The topological polar surface area (TPSA) is 119 Å². The first kappa shape index (κ1) is 24.4. The smallest absolute Gasteiger partial charge is 0.348 e. The van der Waals surface area contributed by atoms with Gasteiger partial charge in [0.1, 0.15) is 17.0 Å². The summed E-state index contributed by atoms with van der Waals surface area (Å²) >= 11 is 1.02. The zero-order valence-corrected chi connectivity index (χ0v) is 19.2. The van der Waals surface area contributed by atoms with Crippen LogP contribution >= 0.6 is 11.3 Å². The van der Waals surface area contributed by atoms with E-state index >= 15 is 0 Å². The van der Waals surface area contributed by atoms with Crippen molar-refractivity contribution in [3.63, 3.8) is 0 Å². The minimum atomic E-state index is -0.545. The summed E-state index contributed by atoms with van der Waals surface area (Å²) in [4.78, 5) is 25.7. The van der Waals surface area contributed by atoms with Crippen LogP contribution in [0.4, 0.5) is 0 Å². The van der Waals surface area contributed by atoms with Gasteiger partial charge in [-0.3, -0.25) is 4.79 Å². The van der Waals surface area contributed by atoms with Gasteiger partial charge >= 0.3 is 5.97 Å². The highest BCUT2D eigenvalue weighted by molar-refractivity contribution is 7.14. The number of carbonyl (C=O) groups is 2. The number of methoxy groups -OCH3 is 3. The van der Waals surface area contributed by atoms with Crippen LogP contribution in [0.3, 0.4) is 0 Å². The Bertz CT molecular complexity index is 1150. The molecule has 0 spiro atoms. The molecule has 0 amide bonds. The Balaban J connectivity index is 2.45. The molecule has 32 heavy (non-hydrogen) atoms. The Hall–Kier alpha value is -3.82. The van der Waals surface area contributed by atoms with Crippen LogP contribution in [0.2, 0.25) is 0 Å². The number of ketones is 1. The molecule has 8 nitrogen and oxygen atoms in total. The van der Waals surface area contributed by atoms with Gasteiger partial charge in [0.05, 0.1) is 39.1 Å². The molecule has 0 atom stereocenters. The van der Waals surface area contributed by atoms with Crippen molar-refractivity contribution in [2.24, 2.45) is 0 Å². The highest BCUT2D eigenvalue weighted by Gasteiger charge is 2.24. The number of benzene rings is 1. The van der Waals surface area contributed by atoms with Gasteiger partial charge < -0.3 is 18.9 Å². The van der Waals surface area contributed by atoms with Gasteiger partial charge in [-0.05, 0) is 37.6 Å². The lowest BCUT2D eigenvalue weighted by atomic mass is 10.0. The first-order valence-corrected chi connectivity index (χ1v) is 10.3. The van der Waals surface area contributed by atoms with Gasteiger partial charge in [0.2, 0.25) is 5.75 Å². The fraction of sp³-hybridized carbons (Fsp3) is 0.304. The Morgan fingerprint density at radius 2 is 1.78 bits per heavy atom. The second kappa shape index (κ2) is 11.0. The number of hydrogen-bond donors (Lipinski definition) is 0. The van der Waals surface area contributed by atoms with Gasteiger partial charge in [0.15, 0.2) is 17.3 Å². The van der Waals surface area contributed by atoms with Crippen molar-refractivity contribution in [2.45, 2.75) is 20.3 Å². The number of carbonyl (C=O) groups excluding carboxylic acids is 2. The summed E-state index contributed by atoms with van der Waals surface area (Å²) in [5.41, 5.74) is 1.02. The number of ether oxygens (including phenoxy) is 4. The highest BCUT2D eigenvalue weighted by Crippen LogP contribution is 2.40. The molecule has 0 aliphatic rings. The number of esters is 1. The summed E-state index contributed by atoms with van der Waals surface area (Å²) in [6.07, 6.45) is 1.19. The normalized spacial score (nSPS) is 10.7. The summed E-state index contributed by atoms with van der Waals surface area (Å²) in [6, 6.07) is 7.21. The van der Waals surface area contributed by atoms with Crippen molar-refractivity contribution >= 4 is 29.2 Å². The number of nitriles is 2. The van der Waals surface area contributed by atoms with E-state index in [-0.39, 0.29) is 29.0 Å². The lowest BCUT2D eigenvalue weighted by Crippen LogP contribution is -2.05. The van der Waals surface area contributed by atoms with E-state index in [0.29, 0.717) is 33.3 Å². The third-order valence-corrected chi connectivity index (χ3v) is 5.84. The standard InChI is InChI=1S/C23H22N2O6S/c1-6-31-23(27)22-13(2)16(12-25)19(32-22)10-17(26)15(11-24)9-14-7-8-18(28-3)21(30-5)20(14)29-4/h7-9H,6,10H2,1-5H3/b15-9+. The summed E-state index contributed by atoms with van der Waals surface area (Å²) in [7, 11) is 4.37. The van der Waals surface area contributed by atoms with E-state index in [9.17, 15) is 20.1 Å². The van der Waals surface area contributed by atoms with Crippen molar-refractivity contribution in [3.05, 3.63) is 44.2 Å². The minimum absolute atomic E-state index is 0.136. The summed E-state index contributed by atoms with van der Waals surface area (Å²) < 4.78 is 21.0. The molecule has 9 heteroatoms. The van der Waals surface area contributed by atoms with E-state index in [1.807, 2.05) is 12.1 Å². The van der Waals surface area contributed by atoms with E-state index < -0.39 is 11.8 Å². The molecular weight excluding hydrogens is 432 g/mol. The number of nitrogens with zero attached hydrogens (tertiary/aromatic N) is 2. The average molecular weight is 455 g/mol. The molecule has 0 bridgehead atoms. The molecule has 0 N–H and O–H groups in total. The number of thiophene rings is 1. The van der Waals surface area contributed by atoms with Crippen LogP contribution in [-0.2, 0) is 16.0 Å². The van der Waals surface area contributed by atoms with E-state index in [4.69, 9.17) is 18.9 Å². The van der Waals surface area contributed by atoms with Crippen LogP contribution < -0.4 is 14.2 Å². The first-order valence-electron chi connectivity index (χ1n) is 9.50. The Morgan fingerprint density at radius 3 is 2.31 bits per heavy atom. The number of Topliss-reactive ketones (excluding diaryl/α,β-unsaturated/α-hetero) is 1. The molecular formula is C23H22N2O6S. The van der Waals surface area contributed by atoms with Gasteiger partial charge in [-0.1, -0.05) is 0 Å². The summed E-state index contributed by atoms with van der Waals surface area (Å²) in [5, 5.41) is 19.1. The summed E-state index contributed by atoms with van der Waals surface area (Å²) in [5.74, 6) is 0.0225. The molecule has 2 rings (SSSR count). The molecule has 2 aromatic rings. The second-order valence-corrected chi connectivity index (χ2v) is 7.49. The molecule has 1 heterocycles. The molecule has 1 aromatic heterocycles. The van der Waals surface area contributed by atoms with Crippen molar-refractivity contribution in [1.82, 2.24) is 0 Å². The lowest BCUT2D eigenvalue weighted by Gasteiger charge is -2.14. The zero-order chi connectivity index (χ0) is 23.8. The number of allylic oxidation sites excluding steroid dienone is 1. The molecule has 0 fully saturated rings. The van der Waals surface area contributed by atoms with Gasteiger partial charge in [-0.2, -0.15) is 10.5 Å². The monoisotopic (exact) mass is 454 g/mol. The van der Waals surface area contributed by atoms with Crippen LogP contribution in [0.5, 0.6) is 17.2 Å². The molecule has 0 saturated heterocycles. The third kappa shape index (κ3) is 4.90. The van der Waals surface area contributed by atoms with Crippen LogP contribution in [0.25, 0.3) is 6.08 Å². The van der Waals surface area contributed by atoms with Crippen molar-refractivity contribution in [3.8, 4) is 29.4 Å². The molecule has 0 aliphatic carbocycles. The van der Waals surface area contributed by atoms with E-state index in [2.05, 4.69) is 0 Å². The first-order chi connectivity index (χ1) is 15.4. The SMILES string of the molecule is CCOC(=O)c1sc(CC(=O)/C(C#N)=C/c2ccc(OC)c(OC)c2OC)c(C#N)c1C. The van der Waals surface area contributed by atoms with Gasteiger partial charge in [-0.15, -0.1) is 11.3 Å². The van der Waals surface area contributed by atoms with Crippen molar-refractivity contribution < 1.29 is 28.5 Å². The lowest BCUT2D eigenvalue weighted by molar-refractivity contribution is -0.114. The second-order valence-electron chi connectivity index (χ2n) is 6.38. The Kier molecular flexibility index (Phi) is 8.39. The van der Waals surface area contributed by atoms with Crippen LogP contribution in [-0.4, -0.2) is 39.7 Å². The zero-order valence-electron chi connectivity index (χ0n) is 18.4. The largest absolute Gasteiger partial charge is 0.493 e. The fourth-order valence-corrected chi connectivity index (χ4v) is 4.19. The molecule has 0 saturated carbocycles. The average Bonchev–Trinajstić information content (AvgIpc) is 3.11. The van der Waals surface area contributed by atoms with E-state index in [0.717, 1.165) is 11.3 Å². The van der Waals surface area contributed by atoms with Crippen molar-refractivity contribution in [2.75, 3.05) is 27.9 Å². The maximum Gasteiger partial charge on any atom is 0.348 e. The van der Waals surface area contributed by atoms with Crippen molar-refractivity contribution in [1.29, 1.82) is 10.5 Å². The quantitative estimate of drug-likeness (QED) is 0.318. The van der Waals surface area contributed by atoms with E-state index in [1.165, 1.54) is 27.4 Å². The van der Waals surface area contributed by atoms with Gasteiger partial charge in [-0.25, -0.2) is 4.79 Å². The summed E-state index contributed by atoms with van der Waals surface area (Å²) in [6.45, 7) is 3.51. The molecule has 0 radical (unpaired) electrons. The Morgan fingerprint density at radius 1 is 1.09 bits per heavy atom. The fourth-order valence-electron chi connectivity index (χ4n) is 3.05. The number of hydrogen-bond acceptors (Lipinski definition) is 9. The van der Waals surface area contributed by atoms with Crippen LogP contribution in [0, 0.1) is 29.6 Å². The molecule has 1 aromatic carbocycles. The van der Waals surface area contributed by atoms with Gasteiger partial charge in [0.25, 0.3) is 0 Å². The molecule has 0 aliphatic heterocycles. The molecule has 166 valence electrons. The van der Waals surface area contributed by atoms with E-state index in [1.54, 1.807) is 26.0 Å². The highest BCUT2D eigenvalue weighted by atomic mass is 32.1. The van der Waals surface area contributed by atoms with Gasteiger partial charge in [0, 0.05) is 16.9 Å². The molecule has 0 unspecified atom stereocenters. The minimum Gasteiger partial charge on any atom is -0.493 e. The maximum atomic E-state index is 12.9. The predicted molar refractivity (Wildman–Crippen MR) is 118 cm³/mol. The third-order valence-electron chi connectivity index (χ3n) is 4.57. The number of rotatable bonds is 9.